The van der Waals surface area contributed by atoms with Gasteiger partial charge in [-0.25, -0.2) is 4.79 Å². The number of hydrogen-bond donors (Lipinski definition) is 1. The van der Waals surface area contributed by atoms with Gasteiger partial charge >= 0.3 is 5.97 Å². The highest BCUT2D eigenvalue weighted by Crippen LogP contribution is 2.14. The summed E-state index contributed by atoms with van der Waals surface area (Å²) in [6.07, 6.45) is 2.62. The summed E-state index contributed by atoms with van der Waals surface area (Å²) in [6, 6.07) is 9.45. The molecule has 1 aromatic rings. The fraction of sp³-hybridized carbons (Fsp3) is 0.375. The van der Waals surface area contributed by atoms with Gasteiger partial charge in [0.25, 0.3) is 0 Å². The van der Waals surface area contributed by atoms with Crippen LogP contribution >= 0.6 is 0 Å². The SMILES string of the molecule is CC(C#N)CN(C)CCOc1cccc(C=CC(=O)O)c1. The molecule has 0 fully saturated rings. The quantitative estimate of drug-likeness (QED) is 0.743. The van der Waals surface area contributed by atoms with Crippen LogP contribution in [0.1, 0.15) is 12.5 Å². The second-order valence-electron chi connectivity index (χ2n) is 4.88. The standard InChI is InChI=1S/C16H20N2O3/c1-13(11-17)12-18(2)8-9-21-15-5-3-4-14(10-15)6-7-16(19)20/h3-7,10,13H,8-9,12H2,1-2H3,(H,19,20). The number of benzene rings is 1. The van der Waals surface area contributed by atoms with Gasteiger partial charge in [-0.05, 0) is 37.7 Å². The van der Waals surface area contributed by atoms with Gasteiger partial charge in [-0.15, -0.1) is 0 Å². The molecule has 1 aromatic carbocycles. The summed E-state index contributed by atoms with van der Waals surface area (Å²) in [6.45, 7) is 3.83. The van der Waals surface area contributed by atoms with E-state index in [4.69, 9.17) is 15.1 Å². The van der Waals surface area contributed by atoms with Crippen LogP contribution in [0, 0.1) is 17.2 Å². The smallest absolute Gasteiger partial charge is 0.328 e. The molecule has 1 rings (SSSR count). The number of likely N-dealkylation sites (N-methyl/N-ethyl adjacent to an activating group) is 1. The van der Waals surface area contributed by atoms with Gasteiger partial charge < -0.3 is 14.7 Å². The monoisotopic (exact) mass is 288 g/mol. The zero-order chi connectivity index (χ0) is 15.7. The molecule has 0 amide bonds. The molecular formula is C16H20N2O3. The topological polar surface area (TPSA) is 73.6 Å². The number of carbonyl (C=O) groups is 1. The van der Waals surface area contributed by atoms with Crippen LogP contribution in [0.25, 0.3) is 6.08 Å². The fourth-order valence-corrected chi connectivity index (χ4v) is 1.79. The Kier molecular flexibility index (Phi) is 6.99. The van der Waals surface area contributed by atoms with E-state index in [0.717, 1.165) is 18.2 Å². The molecule has 0 saturated heterocycles. The number of carboxylic acid groups (broad SMARTS) is 1. The number of nitriles is 1. The van der Waals surface area contributed by atoms with E-state index >= 15 is 0 Å². The van der Waals surface area contributed by atoms with Crippen LogP contribution in [-0.2, 0) is 4.79 Å². The van der Waals surface area contributed by atoms with Crippen molar-refractivity contribution < 1.29 is 14.6 Å². The van der Waals surface area contributed by atoms with Gasteiger partial charge in [0.15, 0.2) is 0 Å². The summed E-state index contributed by atoms with van der Waals surface area (Å²) in [7, 11) is 1.95. The number of ether oxygens (including phenoxy) is 1. The van der Waals surface area contributed by atoms with Crippen LogP contribution < -0.4 is 4.74 Å². The third-order valence-electron chi connectivity index (χ3n) is 2.82. The second kappa shape index (κ2) is 8.77. The minimum atomic E-state index is -0.977. The maximum absolute atomic E-state index is 10.5. The lowest BCUT2D eigenvalue weighted by atomic mass is 10.2. The molecule has 0 radical (unpaired) electrons. The fourth-order valence-electron chi connectivity index (χ4n) is 1.79. The van der Waals surface area contributed by atoms with Crippen LogP contribution in [0.5, 0.6) is 5.75 Å². The van der Waals surface area contributed by atoms with E-state index in [-0.39, 0.29) is 5.92 Å². The van der Waals surface area contributed by atoms with Crippen molar-refractivity contribution in [2.45, 2.75) is 6.92 Å². The highest BCUT2D eigenvalue weighted by atomic mass is 16.5. The molecule has 21 heavy (non-hydrogen) atoms. The Morgan fingerprint density at radius 1 is 1.57 bits per heavy atom. The van der Waals surface area contributed by atoms with E-state index in [1.165, 1.54) is 6.08 Å². The van der Waals surface area contributed by atoms with E-state index in [2.05, 4.69) is 6.07 Å². The molecule has 0 aromatic heterocycles. The van der Waals surface area contributed by atoms with Crippen LogP contribution in [-0.4, -0.2) is 42.7 Å². The lowest BCUT2D eigenvalue weighted by Gasteiger charge is -2.17. The van der Waals surface area contributed by atoms with Crippen molar-refractivity contribution in [2.24, 2.45) is 5.92 Å². The molecule has 0 saturated carbocycles. The van der Waals surface area contributed by atoms with E-state index in [1.807, 2.05) is 37.1 Å². The molecule has 5 heteroatoms. The third kappa shape index (κ3) is 7.14. The van der Waals surface area contributed by atoms with Crippen LogP contribution in [0.4, 0.5) is 0 Å². The summed E-state index contributed by atoms with van der Waals surface area (Å²) in [5.74, 6) is -0.279. The first-order valence-electron chi connectivity index (χ1n) is 6.73. The lowest BCUT2D eigenvalue weighted by Crippen LogP contribution is -2.28. The molecule has 0 spiro atoms. The van der Waals surface area contributed by atoms with Gasteiger partial charge in [-0.3, -0.25) is 0 Å². The number of rotatable bonds is 8. The van der Waals surface area contributed by atoms with Crippen molar-refractivity contribution in [3.8, 4) is 11.8 Å². The lowest BCUT2D eigenvalue weighted by molar-refractivity contribution is -0.131. The van der Waals surface area contributed by atoms with Crippen LogP contribution in [0.2, 0.25) is 0 Å². The summed E-state index contributed by atoms with van der Waals surface area (Å²) >= 11 is 0. The molecule has 1 unspecified atom stereocenters. The van der Waals surface area contributed by atoms with Crippen LogP contribution in [0.15, 0.2) is 30.3 Å². The Morgan fingerprint density at radius 3 is 3.00 bits per heavy atom. The third-order valence-corrected chi connectivity index (χ3v) is 2.82. The Labute approximate surface area is 125 Å². The summed E-state index contributed by atoms with van der Waals surface area (Å²) < 4.78 is 5.63. The Bertz CT molecular complexity index is 535. The van der Waals surface area contributed by atoms with Crippen molar-refractivity contribution in [1.29, 1.82) is 5.26 Å². The van der Waals surface area contributed by atoms with Gasteiger partial charge in [0.2, 0.25) is 0 Å². The minimum Gasteiger partial charge on any atom is -0.492 e. The zero-order valence-electron chi connectivity index (χ0n) is 12.3. The number of nitrogens with zero attached hydrogens (tertiary/aromatic N) is 2. The molecule has 112 valence electrons. The van der Waals surface area contributed by atoms with Crippen molar-refractivity contribution in [2.75, 3.05) is 26.7 Å². The van der Waals surface area contributed by atoms with E-state index in [9.17, 15) is 4.79 Å². The normalized spacial score (nSPS) is 12.3. The van der Waals surface area contributed by atoms with E-state index in [0.29, 0.717) is 18.9 Å². The summed E-state index contributed by atoms with van der Waals surface area (Å²) in [5.41, 5.74) is 0.779. The van der Waals surface area contributed by atoms with Gasteiger partial charge in [0.1, 0.15) is 12.4 Å². The molecule has 1 N–H and O–H groups in total. The van der Waals surface area contributed by atoms with Crippen molar-refractivity contribution in [1.82, 2.24) is 4.90 Å². The van der Waals surface area contributed by atoms with Gasteiger partial charge in [-0.2, -0.15) is 5.26 Å². The zero-order valence-corrected chi connectivity index (χ0v) is 12.3. The molecule has 1 atom stereocenters. The molecule has 0 bridgehead atoms. The summed E-state index contributed by atoms with van der Waals surface area (Å²) in [4.78, 5) is 12.5. The first-order valence-corrected chi connectivity index (χ1v) is 6.73. The first-order chi connectivity index (χ1) is 10.0. The van der Waals surface area contributed by atoms with E-state index < -0.39 is 5.97 Å². The molecule has 0 aliphatic rings. The largest absolute Gasteiger partial charge is 0.492 e. The highest BCUT2D eigenvalue weighted by Gasteiger charge is 2.05. The summed E-state index contributed by atoms with van der Waals surface area (Å²) in [5, 5.41) is 17.3. The van der Waals surface area contributed by atoms with Crippen molar-refractivity contribution >= 4 is 12.0 Å². The van der Waals surface area contributed by atoms with Gasteiger partial charge in [0, 0.05) is 19.2 Å². The predicted molar refractivity (Wildman–Crippen MR) is 80.9 cm³/mol. The maximum atomic E-state index is 10.5. The van der Waals surface area contributed by atoms with Crippen molar-refractivity contribution in [3.05, 3.63) is 35.9 Å². The Balaban J connectivity index is 2.44. The second-order valence-corrected chi connectivity index (χ2v) is 4.88. The molecular weight excluding hydrogens is 268 g/mol. The molecule has 5 nitrogen and oxygen atoms in total. The Morgan fingerprint density at radius 2 is 2.33 bits per heavy atom. The number of carboxylic acids is 1. The Hall–Kier alpha value is -2.32. The van der Waals surface area contributed by atoms with Crippen molar-refractivity contribution in [3.63, 3.8) is 0 Å². The predicted octanol–water partition coefficient (Wildman–Crippen LogP) is 2.25. The van der Waals surface area contributed by atoms with Gasteiger partial charge in [0.05, 0.1) is 12.0 Å². The number of aliphatic carboxylic acids is 1. The van der Waals surface area contributed by atoms with Crippen LogP contribution in [0.3, 0.4) is 0 Å². The average Bonchev–Trinajstić information content (AvgIpc) is 2.45. The molecule has 0 heterocycles. The van der Waals surface area contributed by atoms with E-state index in [1.54, 1.807) is 6.07 Å². The maximum Gasteiger partial charge on any atom is 0.328 e. The molecule has 0 aliphatic carbocycles. The average molecular weight is 288 g/mol. The highest BCUT2D eigenvalue weighted by molar-refractivity contribution is 5.85. The van der Waals surface area contributed by atoms with Gasteiger partial charge in [-0.1, -0.05) is 12.1 Å². The minimum absolute atomic E-state index is 0.000478. The molecule has 0 aliphatic heterocycles. The number of hydrogen-bond acceptors (Lipinski definition) is 4. The first kappa shape index (κ1) is 16.7.